The van der Waals surface area contributed by atoms with E-state index in [9.17, 15) is 23.8 Å². The quantitative estimate of drug-likeness (QED) is 0.363. The first-order valence-electron chi connectivity index (χ1n) is 10.4. The maximum Gasteiger partial charge on any atom is 0.335 e. The minimum Gasteiger partial charge on any atom is -0.478 e. The number of aliphatic hydroxyl groups is 1. The van der Waals surface area contributed by atoms with E-state index in [-0.39, 0.29) is 5.56 Å². The third kappa shape index (κ3) is 5.30. The van der Waals surface area contributed by atoms with E-state index in [4.69, 9.17) is 0 Å². The monoisotopic (exact) mass is 445 g/mol. The number of aromatic carboxylic acids is 1. The number of carboxylic acid groups (broad SMARTS) is 1. The second kappa shape index (κ2) is 9.71. The van der Waals surface area contributed by atoms with E-state index in [1.54, 1.807) is 42.5 Å². The predicted molar refractivity (Wildman–Crippen MR) is 124 cm³/mol. The van der Waals surface area contributed by atoms with Gasteiger partial charge in [-0.2, -0.15) is 0 Å². The average Bonchev–Trinajstić information content (AvgIpc) is 2.82. The van der Waals surface area contributed by atoms with E-state index < -0.39 is 23.7 Å². The minimum absolute atomic E-state index is 0.242. The molecule has 0 saturated carbocycles. The molecule has 2 N–H and O–H groups in total. The summed E-state index contributed by atoms with van der Waals surface area (Å²) in [6.45, 7) is 0. The van der Waals surface area contributed by atoms with E-state index in [1.807, 2.05) is 30.3 Å². The molecular formula is C27H21F2NO3. The molecule has 0 saturated heterocycles. The lowest BCUT2D eigenvalue weighted by Gasteiger charge is -2.13. The molecule has 0 bridgehead atoms. The topological polar surface area (TPSA) is 70.4 Å². The van der Waals surface area contributed by atoms with Gasteiger partial charge in [0.1, 0.15) is 0 Å². The van der Waals surface area contributed by atoms with Crippen molar-refractivity contribution in [3.63, 3.8) is 0 Å². The van der Waals surface area contributed by atoms with Crippen LogP contribution >= 0.6 is 0 Å². The van der Waals surface area contributed by atoms with Gasteiger partial charge >= 0.3 is 5.97 Å². The van der Waals surface area contributed by atoms with Crippen LogP contribution in [0.2, 0.25) is 0 Å². The summed E-state index contributed by atoms with van der Waals surface area (Å²) >= 11 is 0. The van der Waals surface area contributed by atoms with Crippen LogP contribution < -0.4 is 0 Å². The molecule has 3 aromatic carbocycles. The fourth-order valence-electron chi connectivity index (χ4n) is 3.68. The molecule has 0 aliphatic rings. The number of aryl methyl sites for hydroxylation is 1. The SMILES string of the molecule is O=C(O)c1ccccc1CC[C@H](O)c1cccc(/C=C/c2ccc3cc(F)c(F)cc3n2)c1. The summed E-state index contributed by atoms with van der Waals surface area (Å²) in [5, 5.41) is 20.5. The van der Waals surface area contributed by atoms with Crippen molar-refractivity contribution in [2.45, 2.75) is 18.9 Å². The van der Waals surface area contributed by atoms with Gasteiger partial charge in [-0.05, 0) is 59.9 Å². The molecule has 0 aliphatic heterocycles. The number of carboxylic acids is 1. The summed E-state index contributed by atoms with van der Waals surface area (Å²) in [4.78, 5) is 15.7. The van der Waals surface area contributed by atoms with Crippen molar-refractivity contribution in [1.29, 1.82) is 0 Å². The van der Waals surface area contributed by atoms with Gasteiger partial charge in [0.25, 0.3) is 0 Å². The Morgan fingerprint density at radius 2 is 1.73 bits per heavy atom. The Morgan fingerprint density at radius 3 is 2.55 bits per heavy atom. The Labute approximate surface area is 189 Å². The van der Waals surface area contributed by atoms with Gasteiger partial charge in [-0.3, -0.25) is 0 Å². The van der Waals surface area contributed by atoms with E-state index in [0.717, 1.165) is 17.7 Å². The lowest BCUT2D eigenvalue weighted by molar-refractivity contribution is 0.0695. The van der Waals surface area contributed by atoms with Crippen LogP contribution in [0.25, 0.3) is 23.1 Å². The highest BCUT2D eigenvalue weighted by Gasteiger charge is 2.13. The number of nitrogens with zero attached hydrogens (tertiary/aromatic N) is 1. The number of aromatic nitrogens is 1. The van der Waals surface area contributed by atoms with Crippen LogP contribution in [0.4, 0.5) is 8.78 Å². The molecule has 166 valence electrons. The number of aliphatic hydroxyl groups excluding tert-OH is 1. The van der Waals surface area contributed by atoms with Crippen molar-refractivity contribution in [1.82, 2.24) is 4.98 Å². The van der Waals surface area contributed by atoms with Crippen molar-refractivity contribution in [3.8, 4) is 0 Å². The standard InChI is InChI=1S/C27H21F2NO3/c28-23-15-19-9-12-21(30-25(19)16-24(23)29)11-8-17-4-3-6-20(14-17)26(31)13-10-18-5-1-2-7-22(18)27(32)33/h1-9,11-12,14-16,26,31H,10,13H2,(H,32,33)/b11-8+/t26-/m0/s1. The first-order chi connectivity index (χ1) is 15.9. The van der Waals surface area contributed by atoms with E-state index in [1.165, 1.54) is 0 Å². The molecule has 1 heterocycles. The molecule has 0 fully saturated rings. The summed E-state index contributed by atoms with van der Waals surface area (Å²) < 4.78 is 26.9. The zero-order valence-corrected chi connectivity index (χ0v) is 17.6. The number of halogens is 2. The highest BCUT2D eigenvalue weighted by molar-refractivity contribution is 5.89. The average molecular weight is 445 g/mol. The minimum atomic E-state index is -0.984. The normalized spacial score (nSPS) is 12.3. The van der Waals surface area contributed by atoms with Crippen molar-refractivity contribution >= 4 is 29.0 Å². The number of benzene rings is 3. The smallest absolute Gasteiger partial charge is 0.335 e. The van der Waals surface area contributed by atoms with Crippen LogP contribution in [0.15, 0.2) is 72.8 Å². The van der Waals surface area contributed by atoms with Crippen molar-refractivity contribution in [3.05, 3.63) is 112 Å². The Bertz CT molecular complexity index is 1350. The molecule has 0 amide bonds. The highest BCUT2D eigenvalue weighted by atomic mass is 19.2. The zero-order valence-electron chi connectivity index (χ0n) is 17.6. The van der Waals surface area contributed by atoms with Crippen LogP contribution in [-0.4, -0.2) is 21.2 Å². The predicted octanol–water partition coefficient (Wildman–Crippen LogP) is 6.05. The van der Waals surface area contributed by atoms with Gasteiger partial charge in [0, 0.05) is 11.5 Å². The highest BCUT2D eigenvalue weighted by Crippen LogP contribution is 2.23. The molecule has 1 aromatic heterocycles. The second-order valence-electron chi connectivity index (χ2n) is 7.72. The van der Waals surface area contributed by atoms with Gasteiger partial charge in [0.05, 0.1) is 22.9 Å². The molecule has 0 radical (unpaired) electrons. The number of hydrogen-bond donors (Lipinski definition) is 2. The fraction of sp³-hybridized carbons (Fsp3) is 0.111. The molecule has 0 spiro atoms. The van der Waals surface area contributed by atoms with Crippen LogP contribution in [0.5, 0.6) is 0 Å². The summed E-state index contributed by atoms with van der Waals surface area (Å²) in [7, 11) is 0. The molecule has 1 atom stereocenters. The lowest BCUT2D eigenvalue weighted by atomic mass is 9.97. The molecule has 4 aromatic rings. The Kier molecular flexibility index (Phi) is 6.56. The Morgan fingerprint density at radius 1 is 0.939 bits per heavy atom. The Hall–Kier alpha value is -3.90. The molecule has 0 aliphatic carbocycles. The maximum absolute atomic E-state index is 13.5. The van der Waals surface area contributed by atoms with E-state index in [0.29, 0.717) is 40.6 Å². The first-order valence-corrected chi connectivity index (χ1v) is 10.4. The van der Waals surface area contributed by atoms with Gasteiger partial charge in [-0.25, -0.2) is 18.6 Å². The van der Waals surface area contributed by atoms with Crippen molar-refractivity contribution in [2.24, 2.45) is 0 Å². The summed E-state index contributed by atoms with van der Waals surface area (Å²) in [6, 6.07) is 19.7. The second-order valence-corrected chi connectivity index (χ2v) is 7.72. The summed E-state index contributed by atoms with van der Waals surface area (Å²) in [5.74, 6) is -2.83. The van der Waals surface area contributed by atoms with E-state index >= 15 is 0 Å². The van der Waals surface area contributed by atoms with Gasteiger partial charge in [0.2, 0.25) is 0 Å². The van der Waals surface area contributed by atoms with Crippen LogP contribution in [-0.2, 0) is 6.42 Å². The number of carbonyl (C=O) groups is 1. The molecule has 0 unspecified atom stereocenters. The third-order valence-electron chi connectivity index (χ3n) is 5.43. The van der Waals surface area contributed by atoms with Crippen molar-refractivity contribution < 1.29 is 23.8 Å². The Balaban J connectivity index is 1.47. The zero-order chi connectivity index (χ0) is 23.4. The lowest BCUT2D eigenvalue weighted by Crippen LogP contribution is -2.05. The molecule has 4 rings (SSSR count). The molecule has 33 heavy (non-hydrogen) atoms. The van der Waals surface area contributed by atoms with Gasteiger partial charge in [-0.1, -0.05) is 48.5 Å². The first kappa shape index (κ1) is 22.3. The van der Waals surface area contributed by atoms with E-state index in [2.05, 4.69) is 4.98 Å². The van der Waals surface area contributed by atoms with Gasteiger partial charge in [-0.15, -0.1) is 0 Å². The molecular weight excluding hydrogens is 424 g/mol. The van der Waals surface area contributed by atoms with Crippen molar-refractivity contribution in [2.75, 3.05) is 0 Å². The van der Waals surface area contributed by atoms with Crippen LogP contribution in [0, 0.1) is 11.6 Å². The van der Waals surface area contributed by atoms with Crippen LogP contribution in [0.1, 0.15) is 45.3 Å². The molecule has 6 heteroatoms. The summed E-state index contributed by atoms with van der Waals surface area (Å²) in [5.41, 5.74) is 3.43. The largest absolute Gasteiger partial charge is 0.478 e. The number of fused-ring (bicyclic) bond motifs is 1. The maximum atomic E-state index is 13.5. The van der Waals surface area contributed by atoms with Gasteiger partial charge in [0.15, 0.2) is 11.6 Å². The number of hydrogen-bond acceptors (Lipinski definition) is 3. The van der Waals surface area contributed by atoms with Crippen LogP contribution in [0.3, 0.4) is 0 Å². The number of pyridine rings is 1. The fourth-order valence-corrected chi connectivity index (χ4v) is 3.68. The summed E-state index contributed by atoms with van der Waals surface area (Å²) in [6.07, 6.45) is 3.64. The third-order valence-corrected chi connectivity index (χ3v) is 5.43. The van der Waals surface area contributed by atoms with Gasteiger partial charge < -0.3 is 10.2 Å². The molecule has 4 nitrogen and oxygen atoms in total. The number of rotatable bonds is 7.